The number of sulfonamides is 1. The molecule has 0 radical (unpaired) electrons. The maximum atomic E-state index is 13.3. The summed E-state index contributed by atoms with van der Waals surface area (Å²) in [4.78, 5) is 37.5. The molecule has 0 unspecified atom stereocenters. The van der Waals surface area contributed by atoms with Crippen LogP contribution >= 0.6 is 0 Å². The molecule has 0 heterocycles. The smallest absolute Gasteiger partial charge is 0.271 e. The lowest BCUT2D eigenvalue weighted by molar-refractivity contribution is -0.384. The number of carbonyl (C=O) groups is 2. The Bertz CT molecular complexity index is 1120. The van der Waals surface area contributed by atoms with Crippen molar-refractivity contribution in [3.8, 4) is 0 Å². The number of rotatable bonds is 10. The molecule has 1 atom stereocenters. The van der Waals surface area contributed by atoms with Crippen LogP contribution in [0.15, 0.2) is 48.5 Å². The molecule has 0 fully saturated rings. The van der Waals surface area contributed by atoms with E-state index < -0.39 is 39.3 Å². The Morgan fingerprint density at radius 3 is 2.33 bits per heavy atom. The van der Waals surface area contributed by atoms with Crippen LogP contribution in [0.1, 0.15) is 18.1 Å². The Balaban J connectivity index is 2.39. The van der Waals surface area contributed by atoms with Gasteiger partial charge in [0.05, 0.1) is 16.9 Å². The van der Waals surface area contributed by atoms with Crippen LogP contribution in [0.2, 0.25) is 0 Å². The number of likely N-dealkylation sites (N-methyl/N-ethyl adjacent to an activating group) is 1. The first kappa shape index (κ1) is 25.8. The van der Waals surface area contributed by atoms with Crippen LogP contribution in [0.4, 0.5) is 11.4 Å². The lowest BCUT2D eigenvalue weighted by Gasteiger charge is -2.31. The van der Waals surface area contributed by atoms with E-state index >= 15 is 0 Å². The van der Waals surface area contributed by atoms with Gasteiger partial charge in [-0.25, -0.2) is 8.42 Å². The Kier molecular flexibility index (Phi) is 8.52. The second-order valence-corrected chi connectivity index (χ2v) is 9.52. The SMILES string of the molecule is CNC(=O)[C@@H](C)N(CCc1ccccc1)C(=O)CN(c1cc([N+](=O)[O-])ccc1C)S(C)(=O)=O. The highest BCUT2D eigenvalue weighted by molar-refractivity contribution is 7.92. The predicted octanol–water partition coefficient (Wildman–Crippen LogP) is 1.88. The largest absolute Gasteiger partial charge is 0.357 e. The normalized spacial score (nSPS) is 12.0. The van der Waals surface area contributed by atoms with Crippen molar-refractivity contribution in [2.24, 2.45) is 0 Å². The second kappa shape index (κ2) is 10.9. The number of nitro groups is 1. The van der Waals surface area contributed by atoms with Gasteiger partial charge in [-0.1, -0.05) is 36.4 Å². The molecule has 33 heavy (non-hydrogen) atoms. The molecule has 10 nitrogen and oxygen atoms in total. The second-order valence-electron chi connectivity index (χ2n) is 7.61. The third kappa shape index (κ3) is 6.75. The van der Waals surface area contributed by atoms with Crippen molar-refractivity contribution in [3.63, 3.8) is 0 Å². The third-order valence-corrected chi connectivity index (χ3v) is 6.38. The van der Waals surface area contributed by atoms with Crippen LogP contribution in [0.5, 0.6) is 0 Å². The third-order valence-electron chi connectivity index (χ3n) is 5.25. The van der Waals surface area contributed by atoms with Gasteiger partial charge in [-0.3, -0.25) is 24.0 Å². The Hall–Kier alpha value is -3.47. The summed E-state index contributed by atoms with van der Waals surface area (Å²) >= 11 is 0. The summed E-state index contributed by atoms with van der Waals surface area (Å²) in [5.74, 6) is -0.993. The molecule has 0 aliphatic heterocycles. The van der Waals surface area contributed by atoms with Gasteiger partial charge in [0.2, 0.25) is 21.8 Å². The number of aryl methyl sites for hydroxylation is 1. The quantitative estimate of drug-likeness (QED) is 0.412. The van der Waals surface area contributed by atoms with Crippen LogP contribution in [0.3, 0.4) is 0 Å². The lowest BCUT2D eigenvalue weighted by Crippen LogP contribution is -2.51. The van der Waals surface area contributed by atoms with E-state index in [2.05, 4.69) is 5.32 Å². The highest BCUT2D eigenvalue weighted by Crippen LogP contribution is 2.27. The van der Waals surface area contributed by atoms with Gasteiger partial charge in [0.1, 0.15) is 12.6 Å². The van der Waals surface area contributed by atoms with Crippen molar-refractivity contribution in [3.05, 3.63) is 69.8 Å². The highest BCUT2D eigenvalue weighted by atomic mass is 32.2. The molecule has 178 valence electrons. The van der Waals surface area contributed by atoms with E-state index in [9.17, 15) is 28.1 Å². The van der Waals surface area contributed by atoms with E-state index in [1.165, 1.54) is 24.1 Å². The average molecular weight is 477 g/mol. The van der Waals surface area contributed by atoms with E-state index in [0.29, 0.717) is 12.0 Å². The zero-order valence-corrected chi connectivity index (χ0v) is 19.8. The zero-order valence-electron chi connectivity index (χ0n) is 19.0. The molecule has 0 aromatic heterocycles. The monoisotopic (exact) mass is 476 g/mol. The molecule has 0 saturated carbocycles. The number of amides is 2. The molecule has 0 spiro atoms. The number of hydrogen-bond acceptors (Lipinski definition) is 6. The average Bonchev–Trinajstić information content (AvgIpc) is 2.77. The summed E-state index contributed by atoms with van der Waals surface area (Å²) in [7, 11) is -2.52. The fourth-order valence-electron chi connectivity index (χ4n) is 3.35. The summed E-state index contributed by atoms with van der Waals surface area (Å²) in [6, 6.07) is 12.3. The number of nitro benzene ring substituents is 1. The lowest BCUT2D eigenvalue weighted by atomic mass is 10.1. The minimum atomic E-state index is -3.97. The highest BCUT2D eigenvalue weighted by Gasteiger charge is 2.30. The van der Waals surface area contributed by atoms with Crippen molar-refractivity contribution in [1.82, 2.24) is 10.2 Å². The van der Waals surface area contributed by atoms with Crippen molar-refractivity contribution in [1.29, 1.82) is 0 Å². The van der Waals surface area contributed by atoms with E-state index in [0.717, 1.165) is 22.2 Å². The van der Waals surface area contributed by atoms with Crippen LogP contribution in [0.25, 0.3) is 0 Å². The fourth-order valence-corrected chi connectivity index (χ4v) is 4.25. The molecule has 11 heteroatoms. The van der Waals surface area contributed by atoms with Crippen molar-refractivity contribution in [2.45, 2.75) is 26.3 Å². The number of hydrogen-bond donors (Lipinski definition) is 1. The van der Waals surface area contributed by atoms with Crippen LogP contribution < -0.4 is 9.62 Å². The van der Waals surface area contributed by atoms with Gasteiger partial charge in [0.15, 0.2) is 0 Å². The Morgan fingerprint density at radius 2 is 1.79 bits per heavy atom. The Labute approximate surface area is 193 Å². The van der Waals surface area contributed by atoms with Crippen molar-refractivity contribution < 1.29 is 22.9 Å². The van der Waals surface area contributed by atoms with Crippen LogP contribution in [0, 0.1) is 17.0 Å². The summed E-state index contributed by atoms with van der Waals surface area (Å²) in [6.45, 7) is 2.74. The molecule has 0 bridgehead atoms. The van der Waals surface area contributed by atoms with Gasteiger partial charge in [0, 0.05) is 25.7 Å². The summed E-state index contributed by atoms with van der Waals surface area (Å²) < 4.78 is 26.0. The van der Waals surface area contributed by atoms with E-state index in [4.69, 9.17) is 0 Å². The summed E-state index contributed by atoms with van der Waals surface area (Å²) in [6.07, 6.45) is 1.39. The number of benzene rings is 2. The topological polar surface area (TPSA) is 130 Å². The molecule has 2 rings (SSSR count). The number of carbonyl (C=O) groups excluding carboxylic acids is 2. The number of nitrogens with zero attached hydrogens (tertiary/aromatic N) is 3. The van der Waals surface area contributed by atoms with Gasteiger partial charge in [-0.15, -0.1) is 0 Å². The van der Waals surface area contributed by atoms with Crippen molar-refractivity contribution in [2.75, 3.05) is 30.7 Å². The first-order valence-corrected chi connectivity index (χ1v) is 12.1. The predicted molar refractivity (Wildman–Crippen MR) is 125 cm³/mol. The van der Waals surface area contributed by atoms with Gasteiger partial charge < -0.3 is 10.2 Å². The van der Waals surface area contributed by atoms with Crippen LogP contribution in [-0.4, -0.2) is 62.5 Å². The maximum Gasteiger partial charge on any atom is 0.271 e. The minimum absolute atomic E-state index is 0.0376. The molecule has 0 saturated heterocycles. The first-order valence-electron chi connectivity index (χ1n) is 10.2. The number of anilines is 1. The molecular weight excluding hydrogens is 448 g/mol. The molecule has 0 aliphatic carbocycles. The zero-order chi connectivity index (χ0) is 24.8. The molecule has 2 amide bonds. The van der Waals surface area contributed by atoms with Gasteiger partial charge in [0.25, 0.3) is 5.69 Å². The van der Waals surface area contributed by atoms with Gasteiger partial charge >= 0.3 is 0 Å². The van der Waals surface area contributed by atoms with Crippen molar-refractivity contribution >= 4 is 33.2 Å². The molecular formula is C22H28N4O6S. The van der Waals surface area contributed by atoms with Gasteiger partial charge in [-0.05, 0) is 31.4 Å². The number of nitrogens with one attached hydrogen (secondary N) is 1. The van der Waals surface area contributed by atoms with E-state index in [-0.39, 0.29) is 17.9 Å². The minimum Gasteiger partial charge on any atom is -0.357 e. The Morgan fingerprint density at radius 1 is 1.15 bits per heavy atom. The van der Waals surface area contributed by atoms with E-state index in [1.807, 2.05) is 30.3 Å². The summed E-state index contributed by atoms with van der Waals surface area (Å²) in [5, 5.41) is 13.7. The maximum absolute atomic E-state index is 13.3. The van der Waals surface area contributed by atoms with Crippen LogP contribution in [-0.2, 0) is 26.0 Å². The first-order chi connectivity index (χ1) is 15.5. The molecule has 2 aromatic carbocycles. The van der Waals surface area contributed by atoms with Gasteiger partial charge in [-0.2, -0.15) is 0 Å². The molecule has 1 N–H and O–H groups in total. The summed E-state index contributed by atoms with van der Waals surface area (Å²) in [5.41, 5.74) is 1.15. The molecule has 0 aliphatic rings. The standard InChI is InChI=1S/C22H28N4O6S/c1-16-10-11-19(26(29)30)14-20(16)25(33(4,31)32)15-21(27)24(17(2)22(28)23-3)13-12-18-8-6-5-7-9-18/h5-11,14,17H,12-13,15H2,1-4H3,(H,23,28)/t17-/m1/s1. The molecule has 2 aromatic rings. The number of non-ortho nitro benzene ring substituents is 1. The van der Waals surface area contributed by atoms with E-state index in [1.54, 1.807) is 13.8 Å². The fraction of sp³-hybridized carbons (Fsp3) is 0.364.